The highest BCUT2D eigenvalue weighted by Crippen LogP contribution is 2.36. The molecule has 0 saturated heterocycles. The SMILES string of the molecule is COc1ccc(-c2nc(C(=O)NCC(F)(F)F)c(CN)o2)c2ccc(C(F)(F)F)nc12. The molecule has 0 bridgehead atoms. The summed E-state index contributed by atoms with van der Waals surface area (Å²) in [5.41, 5.74) is 3.87. The van der Waals surface area contributed by atoms with Crippen molar-refractivity contribution in [2.45, 2.75) is 18.9 Å². The number of halogens is 6. The lowest BCUT2D eigenvalue weighted by Gasteiger charge is -2.11. The fraction of sp³-hybridized carbons (Fsp3) is 0.278. The number of pyridine rings is 1. The Morgan fingerprint density at radius 1 is 1.13 bits per heavy atom. The molecule has 3 N–H and O–H groups in total. The van der Waals surface area contributed by atoms with Gasteiger partial charge in [0.25, 0.3) is 5.91 Å². The summed E-state index contributed by atoms with van der Waals surface area (Å²) in [4.78, 5) is 19.6. The summed E-state index contributed by atoms with van der Waals surface area (Å²) >= 11 is 0. The second kappa shape index (κ2) is 8.06. The second-order valence-corrected chi connectivity index (χ2v) is 6.20. The van der Waals surface area contributed by atoms with Crippen molar-refractivity contribution in [2.24, 2.45) is 5.73 Å². The highest BCUT2D eigenvalue weighted by molar-refractivity contribution is 5.98. The van der Waals surface area contributed by atoms with Crippen LogP contribution in [-0.4, -0.2) is 35.7 Å². The molecule has 0 spiro atoms. The number of methoxy groups -OCH3 is 1. The van der Waals surface area contributed by atoms with E-state index in [9.17, 15) is 31.1 Å². The van der Waals surface area contributed by atoms with Gasteiger partial charge in [-0.2, -0.15) is 26.3 Å². The van der Waals surface area contributed by atoms with Gasteiger partial charge in [0.15, 0.2) is 11.5 Å². The van der Waals surface area contributed by atoms with Crippen LogP contribution in [0.3, 0.4) is 0 Å². The molecule has 0 radical (unpaired) electrons. The van der Waals surface area contributed by atoms with E-state index in [1.54, 1.807) is 5.32 Å². The fourth-order valence-electron chi connectivity index (χ4n) is 2.75. The average molecular weight is 448 g/mol. The van der Waals surface area contributed by atoms with Crippen molar-refractivity contribution >= 4 is 16.8 Å². The minimum atomic E-state index is -4.70. The van der Waals surface area contributed by atoms with E-state index in [0.29, 0.717) is 0 Å². The van der Waals surface area contributed by atoms with E-state index in [1.165, 1.54) is 19.2 Å². The number of rotatable bonds is 5. The molecule has 1 amide bonds. The van der Waals surface area contributed by atoms with Crippen LogP contribution in [0, 0.1) is 0 Å². The highest BCUT2D eigenvalue weighted by atomic mass is 19.4. The van der Waals surface area contributed by atoms with Crippen molar-refractivity contribution < 1.29 is 40.3 Å². The van der Waals surface area contributed by atoms with Crippen LogP contribution in [0.25, 0.3) is 22.4 Å². The van der Waals surface area contributed by atoms with Crippen LogP contribution in [0.15, 0.2) is 28.7 Å². The molecule has 0 atom stereocenters. The zero-order valence-electron chi connectivity index (χ0n) is 15.7. The summed E-state index contributed by atoms with van der Waals surface area (Å²) in [6.45, 7) is -1.94. The first-order valence-electron chi connectivity index (χ1n) is 8.54. The Kier molecular flexibility index (Phi) is 5.81. The first-order valence-corrected chi connectivity index (χ1v) is 8.54. The minimum absolute atomic E-state index is 0.0404. The van der Waals surface area contributed by atoms with Crippen LogP contribution >= 0.6 is 0 Å². The van der Waals surface area contributed by atoms with Gasteiger partial charge in [0.05, 0.1) is 13.7 Å². The standard InChI is InChI=1S/C18H14F6N4O3/c1-30-10-4-2-9(8-3-5-12(18(22,23)24)27-13(8)10)16-28-14(11(6-25)31-16)15(29)26-7-17(19,20)21/h2-5H,6-7,25H2,1H3,(H,26,29). The molecule has 0 aliphatic rings. The maximum atomic E-state index is 13.0. The van der Waals surface area contributed by atoms with Crippen molar-refractivity contribution in [3.8, 4) is 17.2 Å². The van der Waals surface area contributed by atoms with Gasteiger partial charge >= 0.3 is 12.4 Å². The van der Waals surface area contributed by atoms with E-state index in [2.05, 4.69) is 9.97 Å². The Bertz CT molecular complexity index is 1120. The van der Waals surface area contributed by atoms with Crippen LogP contribution in [0.2, 0.25) is 0 Å². The van der Waals surface area contributed by atoms with Gasteiger partial charge in [-0.1, -0.05) is 0 Å². The smallest absolute Gasteiger partial charge is 0.433 e. The molecule has 2 aromatic heterocycles. The normalized spacial score (nSPS) is 12.3. The predicted molar refractivity (Wildman–Crippen MR) is 95.1 cm³/mol. The van der Waals surface area contributed by atoms with Gasteiger partial charge < -0.3 is 20.2 Å². The number of hydrogen-bond donors (Lipinski definition) is 2. The third-order valence-electron chi connectivity index (χ3n) is 4.11. The molecule has 0 aliphatic carbocycles. The Morgan fingerprint density at radius 3 is 2.42 bits per heavy atom. The molecule has 3 rings (SSSR count). The first kappa shape index (κ1) is 22.3. The molecule has 3 aromatic rings. The molecule has 0 fully saturated rings. The number of carbonyl (C=O) groups is 1. The van der Waals surface area contributed by atoms with E-state index in [1.807, 2.05) is 0 Å². The number of aromatic nitrogens is 2. The summed E-state index contributed by atoms with van der Waals surface area (Å²) < 4.78 is 86.7. The first-order chi connectivity index (χ1) is 14.4. The zero-order valence-corrected chi connectivity index (χ0v) is 15.7. The molecular weight excluding hydrogens is 434 g/mol. The topological polar surface area (TPSA) is 103 Å². The number of nitrogens with one attached hydrogen (secondary N) is 1. The highest BCUT2D eigenvalue weighted by Gasteiger charge is 2.33. The molecule has 0 saturated carbocycles. The van der Waals surface area contributed by atoms with Gasteiger partial charge in [0.2, 0.25) is 5.89 Å². The van der Waals surface area contributed by atoms with Crippen LogP contribution in [0.4, 0.5) is 26.3 Å². The van der Waals surface area contributed by atoms with Gasteiger partial charge in [0, 0.05) is 10.9 Å². The molecule has 1 aromatic carbocycles. The number of ether oxygens (including phenoxy) is 1. The summed E-state index contributed by atoms with van der Waals surface area (Å²) in [5, 5.41) is 1.81. The van der Waals surface area contributed by atoms with Gasteiger partial charge in [-0.25, -0.2) is 9.97 Å². The average Bonchev–Trinajstić information content (AvgIpc) is 3.13. The van der Waals surface area contributed by atoms with Crippen molar-refractivity contribution in [3.63, 3.8) is 0 Å². The van der Waals surface area contributed by atoms with Crippen molar-refractivity contribution in [3.05, 3.63) is 41.4 Å². The summed E-state index contributed by atoms with van der Waals surface area (Å²) in [7, 11) is 1.25. The number of fused-ring (bicyclic) bond motifs is 1. The molecule has 7 nitrogen and oxygen atoms in total. The number of nitrogens with two attached hydrogens (primary N) is 1. The van der Waals surface area contributed by atoms with Crippen molar-refractivity contribution in [1.29, 1.82) is 0 Å². The second-order valence-electron chi connectivity index (χ2n) is 6.20. The zero-order chi connectivity index (χ0) is 23.0. The van der Waals surface area contributed by atoms with Crippen LogP contribution in [0.5, 0.6) is 5.75 Å². The van der Waals surface area contributed by atoms with Crippen LogP contribution in [0.1, 0.15) is 21.9 Å². The van der Waals surface area contributed by atoms with Gasteiger partial charge in [-0.3, -0.25) is 4.79 Å². The molecule has 0 aliphatic heterocycles. The lowest BCUT2D eigenvalue weighted by atomic mass is 10.1. The van der Waals surface area contributed by atoms with Crippen molar-refractivity contribution in [1.82, 2.24) is 15.3 Å². The molecular formula is C18H14F6N4O3. The van der Waals surface area contributed by atoms with Gasteiger partial charge in [0.1, 0.15) is 23.5 Å². The van der Waals surface area contributed by atoms with Crippen LogP contribution < -0.4 is 15.8 Å². The van der Waals surface area contributed by atoms with Crippen LogP contribution in [-0.2, 0) is 12.7 Å². The largest absolute Gasteiger partial charge is 0.494 e. The summed E-state index contributed by atoms with van der Waals surface area (Å²) in [5.74, 6) is -1.55. The van der Waals surface area contributed by atoms with Gasteiger partial charge in [-0.05, 0) is 24.3 Å². The van der Waals surface area contributed by atoms with E-state index in [4.69, 9.17) is 14.9 Å². The third-order valence-corrected chi connectivity index (χ3v) is 4.11. The predicted octanol–water partition coefficient (Wildman–Crippen LogP) is 3.67. The number of alkyl halides is 6. The summed E-state index contributed by atoms with van der Waals surface area (Å²) in [6, 6.07) is 4.59. The molecule has 0 unspecified atom stereocenters. The monoisotopic (exact) mass is 448 g/mol. The number of carbonyl (C=O) groups excluding carboxylic acids is 1. The number of nitrogens with zero attached hydrogens (tertiary/aromatic N) is 2. The molecule has 13 heteroatoms. The lowest BCUT2D eigenvalue weighted by Crippen LogP contribution is -2.34. The third kappa shape index (κ3) is 4.71. The Labute approximate surface area is 170 Å². The molecule has 2 heterocycles. The van der Waals surface area contributed by atoms with Gasteiger partial charge in [-0.15, -0.1) is 0 Å². The van der Waals surface area contributed by atoms with E-state index in [-0.39, 0.29) is 40.4 Å². The minimum Gasteiger partial charge on any atom is -0.494 e. The quantitative estimate of drug-likeness (QED) is 0.578. The Hall–Kier alpha value is -3.35. The summed E-state index contributed by atoms with van der Waals surface area (Å²) in [6.07, 6.45) is -9.34. The van der Waals surface area contributed by atoms with E-state index < -0.39 is 36.2 Å². The fourth-order valence-corrected chi connectivity index (χ4v) is 2.75. The number of amides is 1. The maximum Gasteiger partial charge on any atom is 0.433 e. The molecule has 166 valence electrons. The molecule has 31 heavy (non-hydrogen) atoms. The number of oxazole rings is 1. The number of benzene rings is 1. The maximum absolute atomic E-state index is 13.0. The Morgan fingerprint density at radius 2 is 1.84 bits per heavy atom. The van der Waals surface area contributed by atoms with E-state index in [0.717, 1.165) is 12.1 Å². The lowest BCUT2D eigenvalue weighted by molar-refractivity contribution is -0.141. The van der Waals surface area contributed by atoms with E-state index >= 15 is 0 Å². The Balaban J connectivity index is 2.09. The number of hydrogen-bond acceptors (Lipinski definition) is 6. The van der Waals surface area contributed by atoms with Crippen molar-refractivity contribution in [2.75, 3.05) is 13.7 Å².